The van der Waals surface area contributed by atoms with Gasteiger partial charge in [0.1, 0.15) is 11.0 Å². The second-order valence-electron chi connectivity index (χ2n) is 4.96. The van der Waals surface area contributed by atoms with Crippen LogP contribution in [-0.4, -0.2) is 58.3 Å². The van der Waals surface area contributed by atoms with Crippen molar-refractivity contribution in [2.45, 2.75) is 26.4 Å². The van der Waals surface area contributed by atoms with Gasteiger partial charge < -0.3 is 26.4 Å². The number of aliphatic hydroxyl groups is 1. The third-order valence-electron chi connectivity index (χ3n) is 3.32. The van der Waals surface area contributed by atoms with Crippen LogP contribution in [0.3, 0.4) is 0 Å². The first kappa shape index (κ1) is 19.9. The first-order valence-electron chi connectivity index (χ1n) is 7.73. The largest absolute Gasteiger partial charge is 0.391 e. The molecule has 0 saturated heterocycles. The molecule has 0 aliphatic carbocycles. The van der Waals surface area contributed by atoms with Gasteiger partial charge in [-0.15, -0.1) is 12.4 Å². The number of nitrogens with zero attached hydrogens (tertiary/aromatic N) is 4. The van der Waals surface area contributed by atoms with E-state index >= 15 is 0 Å². The lowest BCUT2D eigenvalue weighted by Crippen LogP contribution is -2.20. The molecule has 0 bridgehead atoms. The average Bonchev–Trinajstić information content (AvgIpc) is 2.58. The quantitative estimate of drug-likeness (QED) is 0.479. The van der Waals surface area contributed by atoms with Gasteiger partial charge in [0.05, 0.1) is 6.10 Å². The van der Waals surface area contributed by atoms with E-state index < -0.39 is 6.10 Å². The Balaban J connectivity index is 0.00000288. The zero-order chi connectivity index (χ0) is 16.8. The van der Waals surface area contributed by atoms with Crippen molar-refractivity contribution in [3.8, 4) is 0 Å². The van der Waals surface area contributed by atoms with Crippen LogP contribution in [0.1, 0.15) is 20.3 Å². The number of anilines is 4. The Morgan fingerprint density at radius 3 is 1.79 bits per heavy atom. The molecule has 0 spiro atoms. The van der Waals surface area contributed by atoms with Crippen LogP contribution in [-0.2, 0) is 0 Å². The molecule has 2 aromatic heterocycles. The molecule has 2 rings (SSSR count). The maximum Gasteiger partial charge on any atom is 0.225 e. The van der Waals surface area contributed by atoms with E-state index in [1.54, 1.807) is 14.1 Å². The van der Waals surface area contributed by atoms with Crippen LogP contribution in [0.2, 0.25) is 0 Å². The summed E-state index contributed by atoms with van der Waals surface area (Å²) in [5.74, 6) is 2.16. The molecule has 2 aromatic rings. The maximum absolute atomic E-state index is 9.68. The predicted octanol–water partition coefficient (Wildman–Crippen LogP) is 1.54. The van der Waals surface area contributed by atoms with Gasteiger partial charge in [-0.05, 0) is 13.3 Å². The monoisotopic (exact) mass is 356 g/mol. The van der Waals surface area contributed by atoms with Crippen LogP contribution in [0.15, 0.2) is 0 Å². The van der Waals surface area contributed by atoms with Gasteiger partial charge in [0.2, 0.25) is 11.9 Å². The van der Waals surface area contributed by atoms with Gasteiger partial charge in [-0.2, -0.15) is 9.97 Å². The molecule has 1 unspecified atom stereocenters. The zero-order valence-corrected chi connectivity index (χ0v) is 15.2. The molecule has 134 valence electrons. The Labute approximate surface area is 147 Å². The molecule has 0 radical (unpaired) electrons. The van der Waals surface area contributed by atoms with Crippen LogP contribution < -0.4 is 21.3 Å². The fourth-order valence-corrected chi connectivity index (χ4v) is 2.03. The van der Waals surface area contributed by atoms with E-state index in [-0.39, 0.29) is 12.4 Å². The summed E-state index contributed by atoms with van der Waals surface area (Å²) in [6, 6.07) is 0. The van der Waals surface area contributed by atoms with E-state index in [0.717, 1.165) is 6.54 Å². The van der Waals surface area contributed by atoms with Crippen LogP contribution >= 0.6 is 12.4 Å². The Kier molecular flexibility index (Phi) is 7.66. The van der Waals surface area contributed by atoms with E-state index in [1.165, 1.54) is 0 Å². The molecule has 1 atom stereocenters. The van der Waals surface area contributed by atoms with E-state index in [4.69, 9.17) is 0 Å². The number of aliphatic hydroxyl groups excluding tert-OH is 1. The summed E-state index contributed by atoms with van der Waals surface area (Å²) in [5, 5.41) is 21.9. The number of nitrogens with one attached hydrogen (secondary N) is 4. The number of rotatable bonds is 8. The van der Waals surface area contributed by atoms with Crippen molar-refractivity contribution >= 4 is 47.0 Å². The van der Waals surface area contributed by atoms with Crippen molar-refractivity contribution in [2.24, 2.45) is 0 Å². The maximum atomic E-state index is 9.68. The number of aromatic nitrogens is 4. The van der Waals surface area contributed by atoms with Crippen molar-refractivity contribution in [1.29, 1.82) is 0 Å². The van der Waals surface area contributed by atoms with Gasteiger partial charge in [-0.3, -0.25) is 0 Å². The topological polar surface area (TPSA) is 120 Å². The molecular formula is C14H25ClN8O. The van der Waals surface area contributed by atoms with Crippen LogP contribution in [0, 0.1) is 0 Å². The number of hydrogen-bond donors (Lipinski definition) is 5. The fraction of sp³-hybridized carbons (Fsp3) is 0.571. The zero-order valence-electron chi connectivity index (χ0n) is 14.3. The molecule has 0 aliphatic heterocycles. The summed E-state index contributed by atoms with van der Waals surface area (Å²) in [5.41, 5.74) is 1.24. The second-order valence-corrected chi connectivity index (χ2v) is 4.96. The van der Waals surface area contributed by atoms with Crippen molar-refractivity contribution in [3.05, 3.63) is 0 Å². The minimum Gasteiger partial charge on any atom is -0.391 e. The van der Waals surface area contributed by atoms with Gasteiger partial charge in [0.25, 0.3) is 0 Å². The summed E-state index contributed by atoms with van der Waals surface area (Å²) in [7, 11) is 3.56. The molecule has 9 nitrogen and oxygen atoms in total. The minimum atomic E-state index is -0.441. The highest BCUT2D eigenvalue weighted by molar-refractivity contribution is 5.94. The lowest BCUT2D eigenvalue weighted by molar-refractivity contribution is 0.183. The SMILES string of the molecule is CCNc1nc(NC)c2nc(NCC(O)CC)nc(NC)c2n1.Cl. The fourth-order valence-electron chi connectivity index (χ4n) is 2.03. The summed E-state index contributed by atoms with van der Waals surface area (Å²) in [6.07, 6.45) is 0.222. The molecule has 0 amide bonds. The van der Waals surface area contributed by atoms with Crippen LogP contribution in [0.4, 0.5) is 23.5 Å². The number of fused-ring (bicyclic) bond motifs is 1. The van der Waals surface area contributed by atoms with E-state index in [2.05, 4.69) is 41.2 Å². The Morgan fingerprint density at radius 2 is 1.38 bits per heavy atom. The van der Waals surface area contributed by atoms with Gasteiger partial charge in [0.15, 0.2) is 11.6 Å². The van der Waals surface area contributed by atoms with Crippen molar-refractivity contribution in [3.63, 3.8) is 0 Å². The lowest BCUT2D eigenvalue weighted by Gasteiger charge is -2.14. The van der Waals surface area contributed by atoms with E-state index in [1.807, 2.05) is 13.8 Å². The molecular weight excluding hydrogens is 332 g/mol. The smallest absolute Gasteiger partial charge is 0.225 e. The average molecular weight is 357 g/mol. The van der Waals surface area contributed by atoms with Crippen LogP contribution in [0.5, 0.6) is 0 Å². The van der Waals surface area contributed by atoms with E-state index in [0.29, 0.717) is 47.5 Å². The van der Waals surface area contributed by atoms with Crippen LogP contribution in [0.25, 0.3) is 11.0 Å². The Morgan fingerprint density at radius 1 is 0.875 bits per heavy atom. The normalized spacial score (nSPS) is 11.5. The molecule has 24 heavy (non-hydrogen) atoms. The van der Waals surface area contributed by atoms with Gasteiger partial charge in [-0.1, -0.05) is 6.92 Å². The van der Waals surface area contributed by atoms with Gasteiger partial charge in [0, 0.05) is 27.2 Å². The van der Waals surface area contributed by atoms with Gasteiger partial charge >= 0.3 is 0 Å². The van der Waals surface area contributed by atoms with Crippen molar-refractivity contribution in [1.82, 2.24) is 19.9 Å². The molecule has 0 aromatic carbocycles. The number of halogens is 1. The number of hydrogen-bond acceptors (Lipinski definition) is 9. The second kappa shape index (κ2) is 9.24. The minimum absolute atomic E-state index is 0. The highest BCUT2D eigenvalue weighted by Gasteiger charge is 2.15. The third kappa shape index (κ3) is 4.45. The molecule has 0 saturated carbocycles. The van der Waals surface area contributed by atoms with Crippen molar-refractivity contribution in [2.75, 3.05) is 48.5 Å². The summed E-state index contributed by atoms with van der Waals surface area (Å²) < 4.78 is 0. The third-order valence-corrected chi connectivity index (χ3v) is 3.32. The standard InChI is InChI=1S/C14H24N8O.ClH/c1-5-8(23)7-18-14-20-10-9(12(16-4)22-14)19-13(17-6-2)21-11(10)15-3;/h8,23H,5-7H2,1-4H3,(H2,15,17,19,21)(H2,16,18,20,22);1H. The highest BCUT2D eigenvalue weighted by atomic mass is 35.5. The first-order chi connectivity index (χ1) is 11.1. The molecule has 2 heterocycles. The first-order valence-corrected chi connectivity index (χ1v) is 7.73. The summed E-state index contributed by atoms with van der Waals surface area (Å²) >= 11 is 0. The van der Waals surface area contributed by atoms with Crippen molar-refractivity contribution < 1.29 is 5.11 Å². The molecule has 0 aliphatic rings. The summed E-state index contributed by atoms with van der Waals surface area (Å²) in [4.78, 5) is 17.8. The Bertz CT molecular complexity index is 669. The van der Waals surface area contributed by atoms with Gasteiger partial charge in [-0.25, -0.2) is 9.97 Å². The van der Waals surface area contributed by atoms with E-state index in [9.17, 15) is 5.11 Å². The summed E-state index contributed by atoms with van der Waals surface area (Å²) in [6.45, 7) is 5.01. The lowest BCUT2D eigenvalue weighted by atomic mass is 10.3. The molecule has 5 N–H and O–H groups in total. The predicted molar refractivity (Wildman–Crippen MR) is 100 cm³/mol. The molecule has 10 heteroatoms. The molecule has 0 fully saturated rings. The highest BCUT2D eigenvalue weighted by Crippen LogP contribution is 2.26. The Hall–Kier alpha value is -2.13.